The van der Waals surface area contributed by atoms with Crippen LogP contribution < -0.4 is 5.73 Å². The number of hydrogen-bond acceptors (Lipinski definition) is 1. The monoisotopic (exact) mass is 213 g/mol. The summed E-state index contributed by atoms with van der Waals surface area (Å²) in [4.78, 5) is 0. The summed E-state index contributed by atoms with van der Waals surface area (Å²) in [6.07, 6.45) is 0.512. The zero-order chi connectivity index (χ0) is 11.5. The maximum atomic E-state index is 12.2. The van der Waals surface area contributed by atoms with Crippen molar-refractivity contribution in [1.29, 1.82) is 0 Å². The molecule has 0 amide bonds. The third-order valence-corrected chi connectivity index (χ3v) is 1.97. The van der Waals surface area contributed by atoms with Crippen molar-refractivity contribution in [2.45, 2.75) is 18.6 Å². The van der Waals surface area contributed by atoms with Crippen LogP contribution >= 0.6 is 0 Å². The summed E-state index contributed by atoms with van der Waals surface area (Å²) in [7, 11) is 0. The molecule has 1 aromatic rings. The normalized spacial score (nSPS) is 13.3. The average molecular weight is 213 g/mol. The fourth-order valence-electron chi connectivity index (χ4n) is 1.16. The third kappa shape index (κ3) is 3.30. The molecule has 15 heavy (non-hydrogen) atoms. The van der Waals surface area contributed by atoms with Crippen molar-refractivity contribution < 1.29 is 13.2 Å². The second-order valence-corrected chi connectivity index (χ2v) is 3.20. The summed E-state index contributed by atoms with van der Waals surface area (Å²) in [5.74, 6) is 2.36. The zero-order valence-electron chi connectivity index (χ0n) is 7.88. The van der Waals surface area contributed by atoms with Crippen LogP contribution in [-0.4, -0.2) is 12.2 Å². The minimum Gasteiger partial charge on any atom is -0.320 e. The SMILES string of the molecule is C#Cc1cccc(CC(N)C(F)(F)F)c1. The van der Waals surface area contributed by atoms with Crippen molar-refractivity contribution >= 4 is 0 Å². The van der Waals surface area contributed by atoms with E-state index in [9.17, 15) is 13.2 Å². The van der Waals surface area contributed by atoms with E-state index < -0.39 is 12.2 Å². The quantitative estimate of drug-likeness (QED) is 0.748. The Kier molecular flexibility index (Phi) is 3.38. The van der Waals surface area contributed by atoms with E-state index in [-0.39, 0.29) is 6.42 Å². The Morgan fingerprint density at radius 2 is 2.07 bits per heavy atom. The summed E-state index contributed by atoms with van der Waals surface area (Å²) in [6.45, 7) is 0. The highest BCUT2D eigenvalue weighted by Crippen LogP contribution is 2.21. The van der Waals surface area contributed by atoms with E-state index >= 15 is 0 Å². The van der Waals surface area contributed by atoms with Gasteiger partial charge in [-0.25, -0.2) is 0 Å². The van der Waals surface area contributed by atoms with Crippen molar-refractivity contribution in [3.8, 4) is 12.3 Å². The molecule has 1 aromatic carbocycles. The number of terminal acetylenes is 1. The van der Waals surface area contributed by atoms with Gasteiger partial charge in [-0.1, -0.05) is 18.1 Å². The molecule has 0 fully saturated rings. The number of alkyl halides is 3. The van der Waals surface area contributed by atoms with Crippen molar-refractivity contribution in [3.05, 3.63) is 35.4 Å². The largest absolute Gasteiger partial charge is 0.403 e. The molecule has 0 aliphatic rings. The minimum atomic E-state index is -4.37. The molecule has 0 aromatic heterocycles. The Morgan fingerprint density at radius 1 is 1.40 bits per heavy atom. The number of benzene rings is 1. The molecule has 0 bridgehead atoms. The first kappa shape index (κ1) is 11.6. The first-order valence-electron chi connectivity index (χ1n) is 4.31. The van der Waals surface area contributed by atoms with Gasteiger partial charge in [0.15, 0.2) is 0 Å². The molecule has 1 atom stereocenters. The van der Waals surface area contributed by atoms with Crippen molar-refractivity contribution in [2.75, 3.05) is 0 Å². The lowest BCUT2D eigenvalue weighted by Crippen LogP contribution is -2.39. The first-order chi connectivity index (χ1) is 6.93. The molecule has 80 valence electrons. The second-order valence-electron chi connectivity index (χ2n) is 3.20. The first-order valence-corrected chi connectivity index (χ1v) is 4.31. The maximum Gasteiger partial charge on any atom is 0.403 e. The minimum absolute atomic E-state index is 0.251. The lowest BCUT2D eigenvalue weighted by Gasteiger charge is -2.15. The summed E-state index contributed by atoms with van der Waals surface area (Å²) in [5, 5.41) is 0. The van der Waals surface area contributed by atoms with Gasteiger partial charge in [-0.05, 0) is 24.1 Å². The number of hydrogen-bond donors (Lipinski definition) is 1. The second kappa shape index (κ2) is 4.37. The molecule has 0 heterocycles. The maximum absolute atomic E-state index is 12.2. The van der Waals surface area contributed by atoms with Crippen LogP contribution in [0.2, 0.25) is 0 Å². The number of halogens is 3. The van der Waals surface area contributed by atoms with Crippen molar-refractivity contribution in [1.82, 2.24) is 0 Å². The van der Waals surface area contributed by atoms with Crippen LogP contribution in [0.4, 0.5) is 13.2 Å². The van der Waals surface area contributed by atoms with E-state index in [0.717, 1.165) is 0 Å². The lowest BCUT2D eigenvalue weighted by molar-refractivity contribution is -0.147. The molecule has 0 aliphatic carbocycles. The van der Waals surface area contributed by atoms with Crippen LogP contribution in [0.3, 0.4) is 0 Å². The highest BCUT2D eigenvalue weighted by Gasteiger charge is 2.36. The summed E-state index contributed by atoms with van der Waals surface area (Å²) in [5.41, 5.74) is 6.05. The lowest BCUT2D eigenvalue weighted by atomic mass is 10.0. The van der Waals surface area contributed by atoms with Gasteiger partial charge in [0, 0.05) is 5.56 Å². The van der Waals surface area contributed by atoms with Crippen molar-refractivity contribution in [2.24, 2.45) is 5.73 Å². The molecule has 0 saturated carbocycles. The van der Waals surface area contributed by atoms with Crippen LogP contribution in [-0.2, 0) is 6.42 Å². The van der Waals surface area contributed by atoms with Crippen LogP contribution in [0.1, 0.15) is 11.1 Å². The summed E-state index contributed by atoms with van der Waals surface area (Å²) >= 11 is 0. The smallest absolute Gasteiger partial charge is 0.320 e. The third-order valence-electron chi connectivity index (χ3n) is 1.97. The van der Waals surface area contributed by atoms with Gasteiger partial charge in [0.2, 0.25) is 0 Å². The molecule has 1 unspecified atom stereocenters. The molecule has 0 saturated heterocycles. The van der Waals surface area contributed by atoms with E-state index in [2.05, 4.69) is 5.92 Å². The molecule has 0 radical (unpaired) electrons. The highest BCUT2D eigenvalue weighted by atomic mass is 19.4. The Balaban J connectivity index is 2.78. The molecule has 1 nitrogen and oxygen atoms in total. The van der Waals surface area contributed by atoms with Crippen LogP contribution in [0.15, 0.2) is 24.3 Å². The fourth-order valence-corrected chi connectivity index (χ4v) is 1.16. The summed E-state index contributed by atoms with van der Waals surface area (Å²) < 4.78 is 36.5. The zero-order valence-corrected chi connectivity index (χ0v) is 7.88. The van der Waals surface area contributed by atoms with E-state index in [1.54, 1.807) is 18.2 Å². The van der Waals surface area contributed by atoms with Crippen LogP contribution in [0.5, 0.6) is 0 Å². The Hall–Kier alpha value is -1.47. The Bertz CT molecular complexity index is 376. The van der Waals surface area contributed by atoms with E-state index in [1.807, 2.05) is 0 Å². The molecule has 0 spiro atoms. The van der Waals surface area contributed by atoms with E-state index in [0.29, 0.717) is 11.1 Å². The van der Waals surface area contributed by atoms with E-state index in [4.69, 9.17) is 12.2 Å². The fraction of sp³-hybridized carbons (Fsp3) is 0.273. The molecular formula is C11H10F3N. The van der Waals surface area contributed by atoms with Crippen LogP contribution in [0.25, 0.3) is 0 Å². The number of nitrogens with two attached hydrogens (primary N) is 1. The Morgan fingerprint density at radius 3 is 2.60 bits per heavy atom. The molecule has 4 heteroatoms. The number of rotatable bonds is 2. The molecular weight excluding hydrogens is 203 g/mol. The summed E-state index contributed by atoms with van der Waals surface area (Å²) in [6, 6.07) is 4.54. The predicted molar refractivity (Wildman–Crippen MR) is 52.1 cm³/mol. The van der Waals surface area contributed by atoms with Gasteiger partial charge in [0.1, 0.15) is 6.04 Å². The highest BCUT2D eigenvalue weighted by molar-refractivity contribution is 5.35. The molecule has 1 rings (SSSR count). The van der Waals surface area contributed by atoms with Gasteiger partial charge in [0.25, 0.3) is 0 Å². The van der Waals surface area contributed by atoms with Gasteiger partial charge in [-0.15, -0.1) is 6.42 Å². The predicted octanol–water partition coefficient (Wildman–Crippen LogP) is 2.10. The average Bonchev–Trinajstić information content (AvgIpc) is 2.16. The Labute approximate surface area is 86.1 Å². The van der Waals surface area contributed by atoms with Crippen molar-refractivity contribution in [3.63, 3.8) is 0 Å². The van der Waals surface area contributed by atoms with Gasteiger partial charge in [-0.3, -0.25) is 0 Å². The van der Waals surface area contributed by atoms with Gasteiger partial charge >= 0.3 is 6.18 Å². The van der Waals surface area contributed by atoms with Gasteiger partial charge in [0.05, 0.1) is 0 Å². The van der Waals surface area contributed by atoms with Gasteiger partial charge in [-0.2, -0.15) is 13.2 Å². The van der Waals surface area contributed by atoms with Crippen LogP contribution in [0, 0.1) is 12.3 Å². The van der Waals surface area contributed by atoms with E-state index in [1.165, 1.54) is 6.07 Å². The van der Waals surface area contributed by atoms with Gasteiger partial charge < -0.3 is 5.73 Å². The topological polar surface area (TPSA) is 26.0 Å². The molecule has 0 aliphatic heterocycles. The molecule has 2 N–H and O–H groups in total. The standard InChI is InChI=1S/C11H10F3N/c1-2-8-4-3-5-9(6-8)7-10(15)11(12,13)14/h1,3-6,10H,7,15H2.